The van der Waals surface area contributed by atoms with E-state index in [-0.39, 0.29) is 11.6 Å². The van der Waals surface area contributed by atoms with Crippen molar-refractivity contribution in [1.82, 2.24) is 5.43 Å². The topological polar surface area (TPSA) is 93.8 Å². The summed E-state index contributed by atoms with van der Waals surface area (Å²) in [5.41, 5.74) is 4.28. The van der Waals surface area contributed by atoms with E-state index in [0.717, 1.165) is 17.7 Å². The van der Waals surface area contributed by atoms with E-state index in [1.165, 1.54) is 63.3 Å². The van der Waals surface area contributed by atoms with Crippen LogP contribution in [0.4, 0.5) is 5.69 Å². The molecule has 0 aromatic heterocycles. The highest BCUT2D eigenvalue weighted by atomic mass is 16.6. The van der Waals surface area contributed by atoms with Gasteiger partial charge in [-0.3, -0.25) is 14.9 Å². The molecule has 7 nitrogen and oxygen atoms in total. The molecule has 0 aliphatic carbocycles. The van der Waals surface area contributed by atoms with Gasteiger partial charge < -0.3 is 4.74 Å². The summed E-state index contributed by atoms with van der Waals surface area (Å²) in [5.74, 6) is 0.374. The number of benzene rings is 2. The fourth-order valence-corrected chi connectivity index (χ4v) is 3.23. The van der Waals surface area contributed by atoms with Crippen LogP contribution in [0.2, 0.25) is 0 Å². The number of nitro groups is 1. The van der Waals surface area contributed by atoms with Gasteiger partial charge in [0, 0.05) is 23.3 Å². The second-order valence-corrected chi connectivity index (χ2v) is 7.84. The van der Waals surface area contributed by atoms with Gasteiger partial charge in [-0.05, 0) is 43.2 Å². The highest BCUT2D eigenvalue weighted by Gasteiger charge is 2.08. The van der Waals surface area contributed by atoms with E-state index in [1.807, 2.05) is 6.92 Å². The van der Waals surface area contributed by atoms with Crippen LogP contribution in [-0.4, -0.2) is 23.7 Å². The summed E-state index contributed by atoms with van der Waals surface area (Å²) in [6.07, 6.45) is 11.4. The van der Waals surface area contributed by atoms with Gasteiger partial charge in [0.1, 0.15) is 5.75 Å². The third kappa shape index (κ3) is 8.88. The molecule has 1 N–H and O–H groups in total. The molecule has 2 aromatic rings. The average molecular weight is 440 g/mol. The molecule has 0 saturated carbocycles. The summed E-state index contributed by atoms with van der Waals surface area (Å²) in [6, 6.07) is 11.4. The first-order valence-corrected chi connectivity index (χ1v) is 11.3. The van der Waals surface area contributed by atoms with Crippen LogP contribution < -0.4 is 10.2 Å². The number of non-ortho nitro benzene ring substituents is 1. The van der Waals surface area contributed by atoms with Gasteiger partial charge in [0.2, 0.25) is 0 Å². The maximum atomic E-state index is 12.3. The molecule has 2 aromatic carbocycles. The zero-order valence-electron chi connectivity index (χ0n) is 19.0. The summed E-state index contributed by atoms with van der Waals surface area (Å²) < 4.78 is 5.75. The van der Waals surface area contributed by atoms with Crippen molar-refractivity contribution in [2.45, 2.75) is 65.2 Å². The largest absolute Gasteiger partial charge is 0.494 e. The van der Waals surface area contributed by atoms with Crippen LogP contribution in [0.25, 0.3) is 0 Å². The van der Waals surface area contributed by atoms with E-state index < -0.39 is 4.92 Å². The van der Waals surface area contributed by atoms with E-state index in [9.17, 15) is 14.9 Å². The molecule has 0 radical (unpaired) electrons. The third-order valence-electron chi connectivity index (χ3n) is 5.23. The van der Waals surface area contributed by atoms with Gasteiger partial charge >= 0.3 is 0 Å². The van der Waals surface area contributed by atoms with Crippen molar-refractivity contribution in [2.75, 3.05) is 6.61 Å². The molecule has 172 valence electrons. The predicted molar refractivity (Wildman–Crippen MR) is 127 cm³/mol. The van der Waals surface area contributed by atoms with Crippen LogP contribution in [0.15, 0.2) is 47.6 Å². The first kappa shape index (κ1) is 25.0. The number of hydrogen-bond acceptors (Lipinski definition) is 5. The van der Waals surface area contributed by atoms with Crippen LogP contribution in [0.3, 0.4) is 0 Å². The lowest BCUT2D eigenvalue weighted by molar-refractivity contribution is -0.384. The first-order chi connectivity index (χ1) is 15.5. The fraction of sp³-hybridized carbons (Fsp3) is 0.440. The maximum Gasteiger partial charge on any atom is 0.271 e. The third-order valence-corrected chi connectivity index (χ3v) is 5.23. The summed E-state index contributed by atoms with van der Waals surface area (Å²) >= 11 is 0. The van der Waals surface area contributed by atoms with Gasteiger partial charge in [-0.1, -0.05) is 57.9 Å². The normalized spacial score (nSPS) is 10.9. The van der Waals surface area contributed by atoms with E-state index in [1.54, 1.807) is 30.3 Å². The summed E-state index contributed by atoms with van der Waals surface area (Å²) in [4.78, 5) is 22.7. The molecule has 1 amide bonds. The Hall–Kier alpha value is -3.22. The molecule has 0 atom stereocenters. The van der Waals surface area contributed by atoms with Gasteiger partial charge in [0.05, 0.1) is 17.7 Å². The van der Waals surface area contributed by atoms with Gasteiger partial charge in [0.25, 0.3) is 11.6 Å². The number of hydrogen-bond donors (Lipinski definition) is 1. The monoisotopic (exact) mass is 439 g/mol. The molecule has 32 heavy (non-hydrogen) atoms. The number of nitrogens with zero attached hydrogens (tertiary/aromatic N) is 2. The number of hydrazone groups is 1. The number of nitro benzene ring substituents is 1. The Labute approximate surface area is 190 Å². The van der Waals surface area contributed by atoms with E-state index in [0.29, 0.717) is 17.7 Å². The van der Waals surface area contributed by atoms with Crippen LogP contribution in [0, 0.1) is 17.0 Å². The Bertz CT molecular complexity index is 895. The minimum Gasteiger partial charge on any atom is -0.494 e. The molecule has 0 saturated heterocycles. The lowest BCUT2D eigenvalue weighted by Gasteiger charge is -2.07. The van der Waals surface area contributed by atoms with Gasteiger partial charge in [-0.25, -0.2) is 5.43 Å². The summed E-state index contributed by atoms with van der Waals surface area (Å²) in [5, 5.41) is 14.8. The highest BCUT2D eigenvalue weighted by Crippen LogP contribution is 2.16. The first-order valence-electron chi connectivity index (χ1n) is 11.3. The van der Waals surface area contributed by atoms with Crippen LogP contribution in [-0.2, 0) is 0 Å². The second-order valence-electron chi connectivity index (χ2n) is 7.84. The molecule has 0 heterocycles. The Kier molecular flexibility index (Phi) is 10.9. The second kappa shape index (κ2) is 14.0. The molecule has 0 spiro atoms. The number of ether oxygens (including phenoxy) is 1. The van der Waals surface area contributed by atoms with Crippen molar-refractivity contribution in [3.63, 3.8) is 0 Å². The number of unbranched alkanes of at least 4 members (excludes halogenated alkanes) is 7. The molecule has 0 aliphatic heterocycles. The molecule has 0 bridgehead atoms. The van der Waals surface area contributed by atoms with Crippen molar-refractivity contribution < 1.29 is 14.5 Å². The standard InChI is InChI=1S/C25H33N3O4/c1-3-4-5-6-7-8-9-10-17-32-24-15-12-21(13-16-24)25(29)27-26-19-22-18-23(28(30)31)14-11-20(22)2/h11-16,18-19H,3-10,17H2,1-2H3,(H,27,29)/b26-19+. The summed E-state index contributed by atoms with van der Waals surface area (Å²) in [7, 11) is 0. The lowest BCUT2D eigenvalue weighted by atomic mass is 10.1. The Morgan fingerprint density at radius 3 is 2.34 bits per heavy atom. The number of aryl methyl sites for hydroxylation is 1. The Morgan fingerprint density at radius 2 is 1.69 bits per heavy atom. The zero-order valence-corrected chi connectivity index (χ0v) is 19.0. The smallest absolute Gasteiger partial charge is 0.271 e. The average Bonchev–Trinajstić information content (AvgIpc) is 2.79. The molecular formula is C25H33N3O4. The van der Waals surface area contributed by atoms with Gasteiger partial charge in [-0.15, -0.1) is 0 Å². The Morgan fingerprint density at radius 1 is 1.03 bits per heavy atom. The summed E-state index contributed by atoms with van der Waals surface area (Å²) in [6.45, 7) is 4.72. The molecule has 7 heteroatoms. The molecule has 2 rings (SSSR count). The van der Waals surface area contributed by atoms with E-state index in [4.69, 9.17) is 4.74 Å². The van der Waals surface area contributed by atoms with Crippen molar-refractivity contribution in [3.8, 4) is 5.75 Å². The van der Waals surface area contributed by atoms with Crippen molar-refractivity contribution in [2.24, 2.45) is 5.10 Å². The number of amides is 1. The molecular weight excluding hydrogens is 406 g/mol. The van der Waals surface area contributed by atoms with Crippen LogP contribution >= 0.6 is 0 Å². The number of carbonyl (C=O) groups excluding carboxylic acids is 1. The van der Waals surface area contributed by atoms with E-state index >= 15 is 0 Å². The fourth-order valence-electron chi connectivity index (χ4n) is 3.23. The van der Waals surface area contributed by atoms with E-state index in [2.05, 4.69) is 17.5 Å². The zero-order chi connectivity index (χ0) is 23.2. The molecule has 0 aliphatic rings. The van der Waals surface area contributed by atoms with Gasteiger partial charge in [0.15, 0.2) is 0 Å². The Balaban J connectivity index is 1.72. The van der Waals surface area contributed by atoms with Gasteiger partial charge in [-0.2, -0.15) is 5.10 Å². The highest BCUT2D eigenvalue weighted by molar-refractivity contribution is 5.95. The number of rotatable bonds is 14. The quantitative estimate of drug-likeness (QED) is 0.164. The maximum absolute atomic E-state index is 12.3. The minimum absolute atomic E-state index is 0.0223. The van der Waals surface area contributed by atoms with Crippen LogP contribution in [0.1, 0.15) is 79.8 Å². The van der Waals surface area contributed by atoms with Crippen molar-refractivity contribution >= 4 is 17.8 Å². The van der Waals surface area contributed by atoms with Crippen LogP contribution in [0.5, 0.6) is 5.75 Å². The number of carbonyl (C=O) groups is 1. The predicted octanol–water partition coefficient (Wildman–Crippen LogP) is 6.19. The van der Waals surface area contributed by atoms with Crippen molar-refractivity contribution in [1.29, 1.82) is 0 Å². The molecule has 0 fully saturated rings. The molecule has 0 unspecified atom stereocenters. The lowest BCUT2D eigenvalue weighted by Crippen LogP contribution is -2.17. The number of nitrogens with one attached hydrogen (secondary N) is 1. The van der Waals surface area contributed by atoms with Crippen molar-refractivity contribution in [3.05, 3.63) is 69.3 Å². The minimum atomic E-state index is -0.465. The SMILES string of the molecule is CCCCCCCCCCOc1ccc(C(=O)N/N=C/c2cc([N+](=O)[O-])ccc2C)cc1.